The fourth-order valence-corrected chi connectivity index (χ4v) is 3.17. The van der Waals surface area contributed by atoms with E-state index in [0.717, 1.165) is 20.1 Å². The molecular weight excluding hydrogens is 469 g/mol. The predicted octanol–water partition coefficient (Wildman–Crippen LogP) is 5.17. The third-order valence-corrected chi connectivity index (χ3v) is 5.10. The summed E-state index contributed by atoms with van der Waals surface area (Å²) in [6.07, 6.45) is 0. The zero-order chi connectivity index (χ0) is 13.3. The van der Waals surface area contributed by atoms with Crippen molar-refractivity contribution in [2.24, 2.45) is 5.73 Å². The molecule has 0 spiro atoms. The van der Waals surface area contributed by atoms with Crippen LogP contribution in [0.15, 0.2) is 45.3 Å². The van der Waals surface area contributed by atoms with Gasteiger partial charge in [-0.1, -0.05) is 44.0 Å². The first-order valence-corrected chi connectivity index (χ1v) is 8.12. The van der Waals surface area contributed by atoms with Crippen LogP contribution in [0.3, 0.4) is 0 Å². The number of benzene rings is 2. The standard InChI is InChI=1S/C14H12Br2IN/c1-8-6-13(16)11(7-12(8)15)14(18)9-2-4-10(17)5-3-9/h2-7,14H,18H2,1H3. The lowest BCUT2D eigenvalue weighted by Gasteiger charge is -2.16. The van der Waals surface area contributed by atoms with E-state index in [1.54, 1.807) is 0 Å². The van der Waals surface area contributed by atoms with Crippen molar-refractivity contribution in [3.63, 3.8) is 0 Å². The fraction of sp³-hybridized carbons (Fsp3) is 0.143. The maximum Gasteiger partial charge on any atom is 0.0563 e. The Labute approximate surface area is 138 Å². The summed E-state index contributed by atoms with van der Waals surface area (Å²) in [5.41, 5.74) is 9.74. The largest absolute Gasteiger partial charge is 0.320 e. The molecule has 2 N–H and O–H groups in total. The SMILES string of the molecule is Cc1cc(Br)c(C(N)c2ccc(I)cc2)cc1Br. The highest BCUT2D eigenvalue weighted by atomic mass is 127. The van der Waals surface area contributed by atoms with Crippen LogP contribution in [-0.2, 0) is 0 Å². The fourth-order valence-electron chi connectivity index (χ4n) is 1.75. The lowest BCUT2D eigenvalue weighted by atomic mass is 9.99. The Morgan fingerprint density at radius 1 is 1.06 bits per heavy atom. The molecule has 94 valence electrons. The number of halogens is 3. The summed E-state index contributed by atoms with van der Waals surface area (Å²) in [5, 5.41) is 0. The molecule has 2 aromatic carbocycles. The quantitative estimate of drug-likeness (QED) is 0.589. The van der Waals surface area contributed by atoms with Crippen molar-refractivity contribution in [3.8, 4) is 0 Å². The molecule has 1 atom stereocenters. The van der Waals surface area contributed by atoms with Gasteiger partial charge < -0.3 is 5.73 Å². The predicted molar refractivity (Wildman–Crippen MR) is 91.8 cm³/mol. The second kappa shape index (κ2) is 6.03. The average Bonchev–Trinajstić information content (AvgIpc) is 2.34. The van der Waals surface area contributed by atoms with E-state index in [2.05, 4.69) is 97.8 Å². The zero-order valence-electron chi connectivity index (χ0n) is 9.75. The van der Waals surface area contributed by atoms with Gasteiger partial charge in [0.15, 0.2) is 0 Å². The van der Waals surface area contributed by atoms with Crippen LogP contribution >= 0.6 is 54.5 Å². The molecule has 0 saturated carbocycles. The van der Waals surface area contributed by atoms with Crippen LogP contribution in [-0.4, -0.2) is 0 Å². The molecule has 1 unspecified atom stereocenters. The lowest BCUT2D eigenvalue weighted by molar-refractivity contribution is 0.863. The van der Waals surface area contributed by atoms with Crippen molar-refractivity contribution in [3.05, 3.63) is 65.6 Å². The van der Waals surface area contributed by atoms with E-state index in [0.29, 0.717) is 0 Å². The summed E-state index contributed by atoms with van der Waals surface area (Å²) >= 11 is 9.44. The summed E-state index contributed by atoms with van der Waals surface area (Å²) in [6.45, 7) is 2.06. The Hall–Kier alpha value is 0.0900. The molecule has 0 fully saturated rings. The summed E-state index contributed by atoms with van der Waals surface area (Å²) < 4.78 is 3.35. The normalized spacial score (nSPS) is 12.5. The van der Waals surface area contributed by atoms with Crippen LogP contribution < -0.4 is 5.73 Å². The van der Waals surface area contributed by atoms with Crippen molar-refractivity contribution in [1.82, 2.24) is 0 Å². The molecule has 2 rings (SSSR count). The van der Waals surface area contributed by atoms with E-state index >= 15 is 0 Å². The third-order valence-electron chi connectivity index (χ3n) is 2.84. The highest BCUT2D eigenvalue weighted by molar-refractivity contribution is 14.1. The monoisotopic (exact) mass is 479 g/mol. The van der Waals surface area contributed by atoms with Gasteiger partial charge in [-0.2, -0.15) is 0 Å². The second-order valence-corrected chi connectivity index (χ2v) is 7.11. The maximum absolute atomic E-state index is 6.33. The van der Waals surface area contributed by atoms with Crippen molar-refractivity contribution in [1.29, 1.82) is 0 Å². The van der Waals surface area contributed by atoms with E-state index in [4.69, 9.17) is 5.73 Å². The highest BCUT2D eigenvalue weighted by Gasteiger charge is 2.13. The van der Waals surface area contributed by atoms with E-state index in [-0.39, 0.29) is 6.04 Å². The van der Waals surface area contributed by atoms with Gasteiger partial charge in [0.2, 0.25) is 0 Å². The first kappa shape index (κ1) is 14.5. The van der Waals surface area contributed by atoms with Gasteiger partial charge >= 0.3 is 0 Å². The Balaban J connectivity index is 2.42. The number of hydrogen-bond donors (Lipinski definition) is 1. The Kier molecular flexibility index (Phi) is 4.86. The Morgan fingerprint density at radius 3 is 2.28 bits per heavy atom. The van der Waals surface area contributed by atoms with Gasteiger partial charge in [-0.3, -0.25) is 0 Å². The first-order chi connectivity index (χ1) is 8.49. The van der Waals surface area contributed by atoms with Gasteiger partial charge in [0.05, 0.1) is 6.04 Å². The van der Waals surface area contributed by atoms with Gasteiger partial charge in [-0.15, -0.1) is 0 Å². The van der Waals surface area contributed by atoms with Crippen LogP contribution in [0.2, 0.25) is 0 Å². The number of nitrogens with two attached hydrogens (primary N) is 1. The van der Waals surface area contributed by atoms with Crippen LogP contribution in [0.1, 0.15) is 22.7 Å². The number of hydrogen-bond acceptors (Lipinski definition) is 1. The molecule has 4 heteroatoms. The van der Waals surface area contributed by atoms with Gasteiger partial charge in [-0.05, 0) is 70.5 Å². The number of aryl methyl sites for hydroxylation is 1. The third kappa shape index (κ3) is 3.15. The summed E-state index contributed by atoms with van der Waals surface area (Å²) in [6, 6.07) is 12.4. The van der Waals surface area contributed by atoms with E-state index in [1.807, 2.05) is 0 Å². The molecule has 0 radical (unpaired) electrons. The number of rotatable bonds is 2. The molecule has 0 aliphatic rings. The lowest BCUT2D eigenvalue weighted by Crippen LogP contribution is -2.12. The van der Waals surface area contributed by atoms with Gasteiger partial charge in [0, 0.05) is 12.5 Å². The minimum atomic E-state index is -0.117. The molecule has 0 bridgehead atoms. The molecule has 1 nitrogen and oxygen atoms in total. The topological polar surface area (TPSA) is 26.0 Å². The first-order valence-electron chi connectivity index (χ1n) is 5.45. The van der Waals surface area contributed by atoms with Crippen LogP contribution in [0.25, 0.3) is 0 Å². The zero-order valence-corrected chi connectivity index (χ0v) is 15.1. The molecular formula is C14H12Br2IN. The second-order valence-electron chi connectivity index (χ2n) is 4.15. The minimum Gasteiger partial charge on any atom is -0.320 e. The molecule has 0 aliphatic carbocycles. The van der Waals surface area contributed by atoms with Crippen LogP contribution in [0, 0.1) is 10.5 Å². The molecule has 0 amide bonds. The molecule has 0 heterocycles. The molecule has 0 aliphatic heterocycles. The van der Waals surface area contributed by atoms with Gasteiger partial charge in [0.25, 0.3) is 0 Å². The Morgan fingerprint density at radius 2 is 1.67 bits per heavy atom. The van der Waals surface area contributed by atoms with Crippen molar-refractivity contribution >= 4 is 54.5 Å². The van der Waals surface area contributed by atoms with E-state index in [9.17, 15) is 0 Å². The van der Waals surface area contributed by atoms with Crippen LogP contribution in [0.5, 0.6) is 0 Å². The van der Waals surface area contributed by atoms with Crippen molar-refractivity contribution in [2.45, 2.75) is 13.0 Å². The molecule has 0 aromatic heterocycles. The average molecular weight is 481 g/mol. The minimum absolute atomic E-state index is 0.117. The smallest absolute Gasteiger partial charge is 0.0563 e. The van der Waals surface area contributed by atoms with Gasteiger partial charge in [-0.25, -0.2) is 0 Å². The summed E-state index contributed by atoms with van der Waals surface area (Å²) in [4.78, 5) is 0. The summed E-state index contributed by atoms with van der Waals surface area (Å²) in [5.74, 6) is 0. The maximum atomic E-state index is 6.33. The highest BCUT2D eigenvalue weighted by Crippen LogP contribution is 2.31. The summed E-state index contributed by atoms with van der Waals surface area (Å²) in [7, 11) is 0. The molecule has 18 heavy (non-hydrogen) atoms. The van der Waals surface area contributed by atoms with E-state index < -0.39 is 0 Å². The molecule has 2 aromatic rings. The van der Waals surface area contributed by atoms with E-state index in [1.165, 1.54) is 9.13 Å². The van der Waals surface area contributed by atoms with Crippen LogP contribution in [0.4, 0.5) is 0 Å². The van der Waals surface area contributed by atoms with Crippen molar-refractivity contribution < 1.29 is 0 Å². The Bertz CT molecular complexity index is 567. The molecule has 0 saturated heterocycles. The van der Waals surface area contributed by atoms with Crippen molar-refractivity contribution in [2.75, 3.05) is 0 Å². The van der Waals surface area contributed by atoms with Gasteiger partial charge in [0.1, 0.15) is 0 Å².